The first-order valence-corrected chi connectivity index (χ1v) is 6.68. The van der Waals surface area contributed by atoms with Crippen LogP contribution in [0.4, 0.5) is 0 Å². The van der Waals surface area contributed by atoms with E-state index in [9.17, 15) is 4.79 Å². The Kier molecular flexibility index (Phi) is 3.17. The van der Waals surface area contributed by atoms with Crippen molar-refractivity contribution in [2.45, 2.75) is 26.8 Å². The van der Waals surface area contributed by atoms with Crippen molar-refractivity contribution in [2.24, 2.45) is 0 Å². The number of aromatic amines is 1. The fourth-order valence-electron chi connectivity index (χ4n) is 2.48. The van der Waals surface area contributed by atoms with E-state index in [4.69, 9.17) is 0 Å². The average Bonchev–Trinajstić information content (AvgIpc) is 3.02. The molecule has 0 radical (unpaired) electrons. The minimum Gasteiger partial charge on any atom is -0.344 e. The Labute approximate surface area is 121 Å². The van der Waals surface area contributed by atoms with Crippen molar-refractivity contribution < 1.29 is 4.79 Å². The first kappa shape index (κ1) is 13.3. The smallest absolute Gasteiger partial charge is 0.272 e. The van der Waals surface area contributed by atoms with Crippen molar-refractivity contribution in [1.82, 2.24) is 29.9 Å². The van der Waals surface area contributed by atoms with E-state index in [0.29, 0.717) is 11.5 Å². The second kappa shape index (κ2) is 5.01. The monoisotopic (exact) mass is 284 g/mol. The largest absolute Gasteiger partial charge is 0.344 e. The van der Waals surface area contributed by atoms with Gasteiger partial charge in [0.1, 0.15) is 5.69 Å². The summed E-state index contributed by atoms with van der Waals surface area (Å²) >= 11 is 0. The lowest BCUT2D eigenvalue weighted by atomic mass is 10.1. The molecule has 1 unspecified atom stereocenters. The highest BCUT2D eigenvalue weighted by molar-refractivity contribution is 5.93. The highest BCUT2D eigenvalue weighted by atomic mass is 16.2. The quantitative estimate of drug-likeness (QED) is 0.764. The lowest BCUT2D eigenvalue weighted by Gasteiger charge is -2.13. The molecule has 0 saturated heterocycles. The zero-order valence-corrected chi connectivity index (χ0v) is 12.1. The zero-order valence-electron chi connectivity index (χ0n) is 12.1. The van der Waals surface area contributed by atoms with Gasteiger partial charge in [0, 0.05) is 29.8 Å². The van der Waals surface area contributed by atoms with Crippen LogP contribution in [0.3, 0.4) is 0 Å². The van der Waals surface area contributed by atoms with Crippen LogP contribution in [0.25, 0.3) is 5.78 Å². The van der Waals surface area contributed by atoms with Crippen molar-refractivity contribution in [3.8, 4) is 0 Å². The molecule has 3 aromatic rings. The van der Waals surface area contributed by atoms with Crippen molar-refractivity contribution in [3.05, 3.63) is 47.3 Å². The predicted octanol–water partition coefficient (Wildman–Crippen LogP) is 1.56. The SMILES string of the molecule is Cc1n[nH]c(C)c1C(C)NC(=O)c1cn2cccnc2n1. The number of imidazole rings is 1. The summed E-state index contributed by atoms with van der Waals surface area (Å²) in [6.07, 6.45) is 5.12. The number of carbonyl (C=O) groups is 1. The Hall–Kier alpha value is -2.70. The molecule has 1 atom stereocenters. The number of amides is 1. The van der Waals surface area contributed by atoms with E-state index in [1.807, 2.05) is 20.8 Å². The number of carbonyl (C=O) groups excluding carboxylic acids is 1. The van der Waals surface area contributed by atoms with Gasteiger partial charge in [-0.2, -0.15) is 5.10 Å². The van der Waals surface area contributed by atoms with Crippen LogP contribution in [0.5, 0.6) is 0 Å². The molecule has 3 rings (SSSR count). The van der Waals surface area contributed by atoms with Crippen molar-refractivity contribution in [2.75, 3.05) is 0 Å². The van der Waals surface area contributed by atoms with Crippen LogP contribution in [0.1, 0.15) is 40.4 Å². The number of H-pyrrole nitrogens is 1. The number of nitrogens with zero attached hydrogens (tertiary/aromatic N) is 4. The van der Waals surface area contributed by atoms with Crippen LogP contribution in [0, 0.1) is 13.8 Å². The summed E-state index contributed by atoms with van der Waals surface area (Å²) in [6, 6.07) is 1.64. The fraction of sp³-hybridized carbons (Fsp3) is 0.286. The summed E-state index contributed by atoms with van der Waals surface area (Å²) < 4.78 is 1.72. The molecule has 0 fully saturated rings. The number of fused-ring (bicyclic) bond motifs is 1. The molecular weight excluding hydrogens is 268 g/mol. The molecule has 7 nitrogen and oxygen atoms in total. The van der Waals surface area contributed by atoms with Gasteiger partial charge >= 0.3 is 0 Å². The van der Waals surface area contributed by atoms with Crippen molar-refractivity contribution in [1.29, 1.82) is 0 Å². The summed E-state index contributed by atoms with van der Waals surface area (Å²) in [5.41, 5.74) is 3.19. The molecule has 1 amide bonds. The van der Waals surface area contributed by atoms with Gasteiger partial charge in [-0.1, -0.05) is 0 Å². The predicted molar refractivity (Wildman–Crippen MR) is 76.9 cm³/mol. The Bertz CT molecular complexity index is 750. The summed E-state index contributed by atoms with van der Waals surface area (Å²) in [4.78, 5) is 20.6. The molecule has 7 heteroatoms. The molecule has 0 saturated carbocycles. The molecule has 3 heterocycles. The highest BCUT2D eigenvalue weighted by Crippen LogP contribution is 2.19. The first-order chi connectivity index (χ1) is 10.1. The fourth-order valence-corrected chi connectivity index (χ4v) is 2.48. The molecule has 0 bridgehead atoms. The molecule has 0 aliphatic carbocycles. The zero-order chi connectivity index (χ0) is 15.0. The van der Waals surface area contributed by atoms with Crippen LogP contribution in [-0.2, 0) is 0 Å². The van der Waals surface area contributed by atoms with Gasteiger partial charge in [-0.3, -0.25) is 14.3 Å². The van der Waals surface area contributed by atoms with E-state index < -0.39 is 0 Å². The van der Waals surface area contributed by atoms with E-state index in [1.165, 1.54) is 0 Å². The molecule has 0 aromatic carbocycles. The summed E-state index contributed by atoms with van der Waals surface area (Å²) in [5, 5.41) is 10.0. The third kappa shape index (κ3) is 2.37. The van der Waals surface area contributed by atoms with E-state index in [1.54, 1.807) is 29.1 Å². The Morgan fingerprint density at radius 2 is 2.24 bits per heavy atom. The molecule has 21 heavy (non-hydrogen) atoms. The van der Waals surface area contributed by atoms with Gasteiger partial charge in [0.25, 0.3) is 5.91 Å². The number of aromatic nitrogens is 5. The summed E-state index contributed by atoms with van der Waals surface area (Å²) in [5.74, 6) is 0.277. The minimum atomic E-state index is -0.229. The maximum absolute atomic E-state index is 12.3. The van der Waals surface area contributed by atoms with Gasteiger partial charge in [-0.25, -0.2) is 9.97 Å². The van der Waals surface area contributed by atoms with E-state index >= 15 is 0 Å². The lowest BCUT2D eigenvalue weighted by Crippen LogP contribution is -2.27. The van der Waals surface area contributed by atoms with Gasteiger partial charge in [-0.05, 0) is 26.8 Å². The van der Waals surface area contributed by atoms with Gasteiger partial charge in [-0.15, -0.1) is 0 Å². The van der Waals surface area contributed by atoms with Gasteiger partial charge in [0.15, 0.2) is 0 Å². The van der Waals surface area contributed by atoms with E-state index in [0.717, 1.165) is 17.0 Å². The maximum atomic E-state index is 12.3. The molecule has 0 spiro atoms. The molecule has 3 aromatic heterocycles. The van der Waals surface area contributed by atoms with Crippen LogP contribution in [0.15, 0.2) is 24.7 Å². The second-order valence-electron chi connectivity index (χ2n) is 5.00. The van der Waals surface area contributed by atoms with Crippen LogP contribution in [-0.4, -0.2) is 30.5 Å². The molecule has 0 aliphatic heterocycles. The Balaban J connectivity index is 1.83. The normalized spacial score (nSPS) is 12.5. The lowest BCUT2D eigenvalue weighted by molar-refractivity contribution is 0.0935. The van der Waals surface area contributed by atoms with Gasteiger partial charge < -0.3 is 5.32 Å². The number of nitrogens with one attached hydrogen (secondary N) is 2. The number of hydrogen-bond donors (Lipinski definition) is 2. The Morgan fingerprint density at radius 3 is 2.90 bits per heavy atom. The highest BCUT2D eigenvalue weighted by Gasteiger charge is 2.19. The van der Waals surface area contributed by atoms with E-state index in [2.05, 4.69) is 25.5 Å². The van der Waals surface area contributed by atoms with Crippen LogP contribution < -0.4 is 5.32 Å². The molecular formula is C14H16N6O. The molecule has 2 N–H and O–H groups in total. The summed E-state index contributed by atoms with van der Waals surface area (Å²) in [7, 11) is 0. The number of aryl methyl sites for hydroxylation is 2. The summed E-state index contributed by atoms with van der Waals surface area (Å²) in [6.45, 7) is 5.78. The second-order valence-corrected chi connectivity index (χ2v) is 5.00. The van der Waals surface area contributed by atoms with Gasteiger partial charge in [0.05, 0.1) is 11.7 Å². The first-order valence-electron chi connectivity index (χ1n) is 6.68. The average molecular weight is 284 g/mol. The van der Waals surface area contributed by atoms with E-state index in [-0.39, 0.29) is 11.9 Å². The van der Waals surface area contributed by atoms with Crippen LogP contribution in [0.2, 0.25) is 0 Å². The minimum absolute atomic E-state index is 0.144. The third-order valence-electron chi connectivity index (χ3n) is 3.43. The van der Waals surface area contributed by atoms with Crippen molar-refractivity contribution in [3.63, 3.8) is 0 Å². The standard InChI is InChI=1S/C14H16N6O/c1-8(12-9(2)18-19-10(12)3)16-13(21)11-7-20-6-4-5-15-14(20)17-11/h4-8H,1-3H3,(H,16,21)(H,18,19). The molecule has 0 aliphatic rings. The Morgan fingerprint density at radius 1 is 1.43 bits per heavy atom. The number of hydrogen-bond acceptors (Lipinski definition) is 4. The number of rotatable bonds is 3. The van der Waals surface area contributed by atoms with Gasteiger partial charge in [0.2, 0.25) is 5.78 Å². The topological polar surface area (TPSA) is 88.0 Å². The van der Waals surface area contributed by atoms with Crippen molar-refractivity contribution >= 4 is 11.7 Å². The van der Waals surface area contributed by atoms with Crippen LogP contribution >= 0.6 is 0 Å². The molecule has 108 valence electrons. The third-order valence-corrected chi connectivity index (χ3v) is 3.43. The maximum Gasteiger partial charge on any atom is 0.272 e.